The standard InChI is InChI=1S/C65H116N10O14/c1-26-27-28-42(16)55(88-25)53-59(81)69-51(44(18)76)62(84)70(19)34-50(77)71(20)47(31-37(6)7)57(79)67-45(29-35(2)3)60(82)72(21)48(32-38(8)9)56(78)66-43(17)65(87)89-54(41(14)15)64(86)73(22)49(33-39(10)11)58(80)68-46(30-36(4)5)61(83)74(23)52(40(12)13)63(85)75(53)24/h26-27,35-49,51-55,76H,28-34H2,1-25H3,(H,66,78)(H,67,79)(H,68,80)(H,69,81)/b27-26+/t42-,43-,44-,45-,46-,47+,48-,49-,51-,52-,53-,54+,55-/m1/s1. The van der Waals surface area contributed by atoms with Gasteiger partial charge in [-0.2, -0.15) is 0 Å². The Morgan fingerprint density at radius 3 is 1.30 bits per heavy atom. The zero-order valence-electron chi connectivity index (χ0n) is 58.6. The first-order valence-electron chi connectivity index (χ1n) is 31.9. The molecule has 24 heteroatoms. The molecule has 1 heterocycles. The highest BCUT2D eigenvalue weighted by molar-refractivity contribution is 5.99. The molecule has 0 aromatic carbocycles. The summed E-state index contributed by atoms with van der Waals surface area (Å²) in [5.41, 5.74) is 0. The molecule has 0 radical (unpaired) electrons. The number of likely N-dealkylation sites (N-methyl/N-ethyl adjacent to an activating group) is 6. The number of methoxy groups -OCH3 is 1. The molecule has 0 spiro atoms. The van der Waals surface area contributed by atoms with Crippen LogP contribution >= 0.6 is 0 Å². The number of cyclic esters (lactones) is 1. The van der Waals surface area contributed by atoms with E-state index in [4.69, 9.17) is 9.47 Å². The highest BCUT2D eigenvalue weighted by Gasteiger charge is 2.46. The molecule has 13 atom stereocenters. The highest BCUT2D eigenvalue weighted by Crippen LogP contribution is 2.26. The van der Waals surface area contributed by atoms with Crippen LogP contribution < -0.4 is 21.3 Å². The first-order chi connectivity index (χ1) is 41.1. The largest absolute Gasteiger partial charge is 0.450 e. The van der Waals surface area contributed by atoms with Crippen LogP contribution in [0.15, 0.2) is 12.2 Å². The Labute approximate surface area is 532 Å². The van der Waals surface area contributed by atoms with Crippen LogP contribution in [0.1, 0.15) is 163 Å². The summed E-state index contributed by atoms with van der Waals surface area (Å²) < 4.78 is 11.9. The van der Waals surface area contributed by atoms with E-state index in [-0.39, 0.29) is 61.7 Å². The number of carbonyl (C=O) groups excluding carboxylic acids is 11. The van der Waals surface area contributed by atoms with E-state index in [1.165, 1.54) is 82.8 Å². The molecule has 0 saturated carbocycles. The number of aliphatic hydroxyl groups is 1. The van der Waals surface area contributed by atoms with Gasteiger partial charge in [-0.25, -0.2) is 4.79 Å². The Morgan fingerprint density at radius 2 is 0.910 bits per heavy atom. The minimum atomic E-state index is -1.69. The average molecular weight is 1260 g/mol. The van der Waals surface area contributed by atoms with Gasteiger partial charge in [0.2, 0.25) is 53.2 Å². The Kier molecular flexibility index (Phi) is 33.8. The van der Waals surface area contributed by atoms with Crippen molar-refractivity contribution >= 4 is 65.0 Å². The van der Waals surface area contributed by atoms with Gasteiger partial charge < -0.3 is 65.2 Å². The van der Waals surface area contributed by atoms with Crippen LogP contribution in [0.4, 0.5) is 0 Å². The molecular formula is C65H116N10O14. The van der Waals surface area contributed by atoms with Crippen molar-refractivity contribution in [2.75, 3.05) is 55.9 Å². The van der Waals surface area contributed by atoms with Crippen LogP contribution in [0.25, 0.3) is 0 Å². The minimum Gasteiger partial charge on any atom is -0.450 e. The van der Waals surface area contributed by atoms with Gasteiger partial charge in [-0.15, -0.1) is 0 Å². The van der Waals surface area contributed by atoms with E-state index in [2.05, 4.69) is 21.3 Å². The summed E-state index contributed by atoms with van der Waals surface area (Å²) in [6, 6.07) is -11.8. The van der Waals surface area contributed by atoms with Crippen LogP contribution in [-0.4, -0.2) is 228 Å². The SMILES string of the molecule is C/C=C/C[C@@H](C)[C@@H](OC)[C@@H]1C(=O)N[C@H]([C@@H](C)O)C(=O)N(C)CC(=O)N(C)[C@@H](CC(C)C)C(=O)N[C@H](CC(C)C)C(=O)N(C)[C@H](CC(C)C)C(=O)N[C@H](C)C(=O)O[C@@H](C(C)C)C(=O)N(C)[C@H](CC(C)C)C(=O)N[C@H](CC(C)C)C(=O)N(C)[C@H](C(C)C)C(=O)N1C. The fraction of sp³-hybridized carbons (Fsp3) is 0.800. The topological polar surface area (TPSA) is 294 Å². The number of carbonyl (C=O) groups is 11. The number of allylic oxidation sites excluding steroid dienone is 2. The maximum Gasteiger partial charge on any atom is 0.329 e. The Morgan fingerprint density at radius 1 is 0.506 bits per heavy atom. The fourth-order valence-electron chi connectivity index (χ4n) is 11.2. The highest BCUT2D eigenvalue weighted by atomic mass is 16.6. The molecule has 24 nitrogen and oxygen atoms in total. The van der Waals surface area contributed by atoms with Gasteiger partial charge in [0, 0.05) is 49.4 Å². The lowest BCUT2D eigenvalue weighted by Gasteiger charge is -2.41. The van der Waals surface area contributed by atoms with E-state index in [1.54, 1.807) is 27.7 Å². The lowest BCUT2D eigenvalue weighted by atomic mass is 9.91. The number of hydrogen-bond acceptors (Lipinski definition) is 14. The predicted molar refractivity (Wildman–Crippen MR) is 342 cm³/mol. The number of nitrogens with zero attached hydrogens (tertiary/aromatic N) is 6. The molecule has 1 rings (SSSR count). The third-order valence-electron chi connectivity index (χ3n) is 16.3. The van der Waals surface area contributed by atoms with Gasteiger partial charge in [-0.1, -0.05) is 116 Å². The number of aliphatic hydroxyl groups excluding tert-OH is 1. The smallest absolute Gasteiger partial charge is 0.329 e. The molecule has 1 aliphatic heterocycles. The number of rotatable bonds is 18. The molecule has 1 aliphatic rings. The Bertz CT molecular complexity index is 2410. The average Bonchev–Trinajstić information content (AvgIpc) is 1.53. The third kappa shape index (κ3) is 23.9. The molecule has 510 valence electrons. The second kappa shape index (κ2) is 37.2. The molecule has 5 N–H and O–H groups in total. The number of amides is 10. The molecule has 0 aromatic rings. The first kappa shape index (κ1) is 80.8. The monoisotopic (exact) mass is 1260 g/mol. The quantitative estimate of drug-likeness (QED) is 0.0958. The second-order valence-electron chi connectivity index (χ2n) is 27.5. The maximum absolute atomic E-state index is 15.3. The molecule has 10 amide bonds. The first-order valence-corrected chi connectivity index (χ1v) is 31.9. The van der Waals surface area contributed by atoms with Gasteiger partial charge in [-0.3, -0.25) is 47.9 Å². The second-order valence-corrected chi connectivity index (χ2v) is 27.5. The van der Waals surface area contributed by atoms with Crippen LogP contribution in [0.3, 0.4) is 0 Å². The zero-order chi connectivity index (χ0) is 69.0. The normalized spacial score (nSPS) is 26.6. The summed E-state index contributed by atoms with van der Waals surface area (Å²) in [5.74, 6) is -10.8. The van der Waals surface area contributed by atoms with Crippen molar-refractivity contribution in [1.82, 2.24) is 50.7 Å². The van der Waals surface area contributed by atoms with Gasteiger partial charge in [0.05, 0.1) is 18.8 Å². The van der Waals surface area contributed by atoms with E-state index in [0.717, 1.165) is 9.80 Å². The molecule has 0 bridgehead atoms. The van der Waals surface area contributed by atoms with E-state index in [0.29, 0.717) is 6.42 Å². The number of nitrogens with one attached hydrogen (secondary N) is 4. The van der Waals surface area contributed by atoms with E-state index >= 15 is 14.4 Å². The Hall–Kier alpha value is -6.17. The summed E-state index contributed by atoms with van der Waals surface area (Å²) in [6.45, 7) is 30.9. The van der Waals surface area contributed by atoms with E-state index in [1.807, 2.05) is 95.2 Å². The lowest BCUT2D eigenvalue weighted by Crippen LogP contribution is -2.64. The summed E-state index contributed by atoms with van der Waals surface area (Å²) in [4.78, 5) is 169. The van der Waals surface area contributed by atoms with Crippen molar-refractivity contribution < 1.29 is 67.3 Å². The molecule has 89 heavy (non-hydrogen) atoms. The molecule has 0 unspecified atom stereocenters. The lowest BCUT2D eigenvalue weighted by molar-refractivity contribution is -0.166. The molecular weight excluding hydrogens is 1140 g/mol. The van der Waals surface area contributed by atoms with Gasteiger partial charge in [0.15, 0.2) is 6.10 Å². The van der Waals surface area contributed by atoms with Crippen molar-refractivity contribution in [3.05, 3.63) is 12.2 Å². The summed E-state index contributed by atoms with van der Waals surface area (Å²) in [6.07, 6.45) is 0.596. The van der Waals surface area contributed by atoms with E-state index < -0.39 is 162 Å². The van der Waals surface area contributed by atoms with Gasteiger partial charge in [-0.05, 0) is 107 Å². The maximum atomic E-state index is 15.3. The van der Waals surface area contributed by atoms with Crippen molar-refractivity contribution in [2.45, 2.75) is 236 Å². The minimum absolute atomic E-state index is 0.101. The van der Waals surface area contributed by atoms with Gasteiger partial charge in [0.1, 0.15) is 54.4 Å². The number of ether oxygens (including phenoxy) is 2. The van der Waals surface area contributed by atoms with Crippen LogP contribution in [0.2, 0.25) is 0 Å². The summed E-state index contributed by atoms with van der Waals surface area (Å²) in [7, 11) is 9.70. The fourth-order valence-corrected chi connectivity index (χ4v) is 11.2. The Balaban J connectivity index is 4.45. The van der Waals surface area contributed by atoms with Crippen molar-refractivity contribution in [2.24, 2.45) is 47.3 Å². The summed E-state index contributed by atoms with van der Waals surface area (Å²) in [5, 5.41) is 22.4. The summed E-state index contributed by atoms with van der Waals surface area (Å²) >= 11 is 0. The van der Waals surface area contributed by atoms with Gasteiger partial charge in [0.25, 0.3) is 5.91 Å². The third-order valence-corrected chi connectivity index (χ3v) is 16.3. The van der Waals surface area contributed by atoms with Crippen LogP contribution in [0, 0.1) is 47.3 Å². The molecule has 0 aliphatic carbocycles. The molecule has 0 aromatic heterocycles. The van der Waals surface area contributed by atoms with Crippen molar-refractivity contribution in [1.29, 1.82) is 0 Å². The van der Waals surface area contributed by atoms with Crippen molar-refractivity contribution in [3.63, 3.8) is 0 Å². The van der Waals surface area contributed by atoms with Gasteiger partial charge >= 0.3 is 5.97 Å². The van der Waals surface area contributed by atoms with E-state index in [9.17, 15) is 43.5 Å². The van der Waals surface area contributed by atoms with Crippen molar-refractivity contribution in [3.8, 4) is 0 Å². The molecule has 1 fully saturated rings. The predicted octanol–water partition coefficient (Wildman–Crippen LogP) is 4.00. The zero-order valence-corrected chi connectivity index (χ0v) is 58.6. The van der Waals surface area contributed by atoms with Crippen LogP contribution in [0.5, 0.6) is 0 Å². The number of hydrogen-bond donors (Lipinski definition) is 5. The molecule has 1 saturated heterocycles. The van der Waals surface area contributed by atoms with Crippen LogP contribution in [-0.2, 0) is 62.2 Å². The number of esters is 1.